The third-order valence-corrected chi connectivity index (χ3v) is 5.04. The van der Waals surface area contributed by atoms with Gasteiger partial charge in [0.2, 0.25) is 0 Å². The van der Waals surface area contributed by atoms with Gasteiger partial charge in [-0.25, -0.2) is 14.0 Å². The third kappa shape index (κ3) is 9.68. The van der Waals surface area contributed by atoms with Crippen LogP contribution >= 0.6 is 11.3 Å². The molecule has 33 heavy (non-hydrogen) atoms. The number of carbonyl (C=O) groups excluding carboxylic acids is 1. The fourth-order valence-corrected chi connectivity index (χ4v) is 3.36. The maximum Gasteiger partial charge on any atom is 0.490 e. The van der Waals surface area contributed by atoms with Crippen LogP contribution in [0.4, 0.5) is 17.6 Å². The van der Waals surface area contributed by atoms with Crippen molar-refractivity contribution >= 4 is 35.1 Å². The third-order valence-electron chi connectivity index (χ3n) is 3.95. The van der Waals surface area contributed by atoms with Gasteiger partial charge in [-0.15, -0.1) is 11.3 Å². The van der Waals surface area contributed by atoms with Gasteiger partial charge in [0.1, 0.15) is 10.7 Å². The topological polar surface area (TPSA) is 151 Å². The fourth-order valence-electron chi connectivity index (χ4n) is 2.31. The summed E-state index contributed by atoms with van der Waals surface area (Å²) in [5.74, 6) is -5.37. The molecule has 180 valence electrons. The number of carboxylic acid groups (broad SMARTS) is 2. The second kappa shape index (κ2) is 11.9. The van der Waals surface area contributed by atoms with Gasteiger partial charge < -0.3 is 20.7 Å². The van der Waals surface area contributed by atoms with E-state index in [0.29, 0.717) is 17.7 Å². The molecule has 0 aliphatic carbocycles. The monoisotopic (exact) mass is 492 g/mol. The second-order valence-corrected chi connectivity index (χ2v) is 7.93. The van der Waals surface area contributed by atoms with E-state index in [1.165, 1.54) is 23.5 Å². The zero-order chi connectivity index (χ0) is 25.3. The number of hydrogen-bond donors (Lipinski definition) is 4. The largest absolute Gasteiger partial charge is 0.490 e. The van der Waals surface area contributed by atoms with Crippen LogP contribution < -0.4 is 10.5 Å². The summed E-state index contributed by atoms with van der Waals surface area (Å²) >= 11 is 1.24. The van der Waals surface area contributed by atoms with Gasteiger partial charge in [0, 0.05) is 16.9 Å². The summed E-state index contributed by atoms with van der Waals surface area (Å²) in [6.45, 7) is 1.95. The average Bonchev–Trinajstić information content (AvgIpc) is 3.16. The zero-order valence-corrected chi connectivity index (χ0v) is 17.9. The molecule has 0 saturated carbocycles. The first-order valence-electron chi connectivity index (χ1n) is 9.17. The number of nitrogens with one attached hydrogen (secondary N) is 1. The number of esters is 1. The summed E-state index contributed by atoms with van der Waals surface area (Å²) in [7, 11) is 0. The Bertz CT molecular complexity index is 1020. The lowest BCUT2D eigenvalue weighted by molar-refractivity contribution is -0.192. The lowest BCUT2D eigenvalue weighted by Crippen LogP contribution is -2.21. The van der Waals surface area contributed by atoms with E-state index < -0.39 is 29.9 Å². The molecule has 0 aliphatic rings. The highest BCUT2D eigenvalue weighted by molar-refractivity contribution is 7.13. The van der Waals surface area contributed by atoms with Crippen LogP contribution in [0.2, 0.25) is 0 Å². The Morgan fingerprint density at radius 1 is 1.18 bits per heavy atom. The molecule has 13 heteroatoms. The van der Waals surface area contributed by atoms with Crippen LogP contribution in [0.25, 0.3) is 0 Å². The second-order valence-electron chi connectivity index (χ2n) is 6.76. The van der Waals surface area contributed by atoms with Crippen molar-refractivity contribution < 1.29 is 46.9 Å². The van der Waals surface area contributed by atoms with Gasteiger partial charge in [0.05, 0.1) is 0 Å². The van der Waals surface area contributed by atoms with Gasteiger partial charge in [0.25, 0.3) is 0 Å². The van der Waals surface area contributed by atoms with E-state index in [2.05, 4.69) is 0 Å². The number of nitrogen functional groups attached to an aromatic ring is 1. The Morgan fingerprint density at radius 2 is 1.79 bits per heavy atom. The van der Waals surface area contributed by atoms with Crippen LogP contribution in [-0.2, 0) is 16.0 Å². The number of benzene rings is 1. The molecule has 0 bridgehead atoms. The van der Waals surface area contributed by atoms with Gasteiger partial charge in [-0.1, -0.05) is 6.92 Å². The van der Waals surface area contributed by atoms with Gasteiger partial charge in [-0.2, -0.15) is 13.2 Å². The molecule has 5 N–H and O–H groups in total. The smallest absolute Gasteiger partial charge is 0.481 e. The van der Waals surface area contributed by atoms with Gasteiger partial charge in [-0.05, 0) is 49.1 Å². The molecule has 0 spiro atoms. The Morgan fingerprint density at radius 3 is 2.27 bits per heavy atom. The molecule has 1 unspecified atom stereocenters. The maximum atomic E-state index is 13.9. The van der Waals surface area contributed by atoms with E-state index >= 15 is 0 Å². The van der Waals surface area contributed by atoms with Gasteiger partial charge in [-0.3, -0.25) is 10.2 Å². The highest BCUT2D eigenvalue weighted by Crippen LogP contribution is 2.25. The number of halogens is 4. The predicted molar refractivity (Wildman–Crippen MR) is 110 cm³/mol. The fraction of sp³-hybridized carbons (Fsp3) is 0.300. The minimum absolute atomic E-state index is 0.108. The molecule has 1 aromatic heterocycles. The lowest BCUT2D eigenvalue weighted by atomic mass is 10.0. The van der Waals surface area contributed by atoms with Crippen LogP contribution in [0.1, 0.15) is 39.9 Å². The lowest BCUT2D eigenvalue weighted by Gasteiger charge is -2.07. The number of carboxylic acids is 2. The Hall–Kier alpha value is -3.48. The molecule has 0 amide bonds. The minimum Gasteiger partial charge on any atom is -0.481 e. The number of hydrogen-bond acceptors (Lipinski definition) is 6. The summed E-state index contributed by atoms with van der Waals surface area (Å²) in [5, 5.41) is 23.1. The van der Waals surface area contributed by atoms with E-state index in [0.717, 1.165) is 10.9 Å². The first-order chi connectivity index (χ1) is 15.2. The van der Waals surface area contributed by atoms with E-state index in [1.807, 2.05) is 6.92 Å². The zero-order valence-electron chi connectivity index (χ0n) is 17.1. The Balaban J connectivity index is 0.000000675. The van der Waals surface area contributed by atoms with Crippen LogP contribution in [0, 0.1) is 17.1 Å². The molecule has 0 radical (unpaired) electrons. The normalized spacial score (nSPS) is 11.7. The van der Waals surface area contributed by atoms with Crippen molar-refractivity contribution in [1.29, 1.82) is 5.41 Å². The first-order valence-corrected chi connectivity index (χ1v) is 9.99. The Kier molecular flexibility index (Phi) is 9.98. The van der Waals surface area contributed by atoms with Crippen molar-refractivity contribution in [1.82, 2.24) is 0 Å². The quantitative estimate of drug-likeness (QED) is 0.143. The van der Waals surface area contributed by atoms with Crippen molar-refractivity contribution in [3.8, 4) is 5.75 Å². The van der Waals surface area contributed by atoms with Crippen molar-refractivity contribution in [2.24, 2.45) is 11.7 Å². The van der Waals surface area contributed by atoms with Crippen LogP contribution in [0.3, 0.4) is 0 Å². The number of alkyl halides is 3. The Labute approximate surface area is 189 Å². The number of nitrogens with two attached hydrogens (primary N) is 1. The molecule has 0 fully saturated rings. The summed E-state index contributed by atoms with van der Waals surface area (Å²) < 4.78 is 50.7. The molecule has 1 aromatic carbocycles. The molecule has 0 aliphatic heterocycles. The average molecular weight is 492 g/mol. The molecule has 2 rings (SSSR count). The summed E-state index contributed by atoms with van der Waals surface area (Å²) in [5.41, 5.74) is 5.49. The highest BCUT2D eigenvalue weighted by atomic mass is 32.1. The molecular weight excluding hydrogens is 472 g/mol. The summed E-state index contributed by atoms with van der Waals surface area (Å²) in [6.07, 6.45) is -3.76. The van der Waals surface area contributed by atoms with Crippen molar-refractivity contribution in [3.63, 3.8) is 0 Å². The number of ether oxygens (including phenoxy) is 1. The number of aliphatic carboxylic acids is 2. The van der Waals surface area contributed by atoms with E-state index in [-0.39, 0.29) is 29.5 Å². The number of carbonyl (C=O) groups is 3. The van der Waals surface area contributed by atoms with Crippen LogP contribution in [-0.4, -0.2) is 40.1 Å². The predicted octanol–water partition coefficient (Wildman–Crippen LogP) is 4.07. The molecule has 1 atom stereocenters. The van der Waals surface area contributed by atoms with Crippen molar-refractivity contribution in [2.75, 3.05) is 0 Å². The molecule has 1 heterocycles. The number of rotatable bonds is 8. The highest BCUT2D eigenvalue weighted by Gasteiger charge is 2.38. The summed E-state index contributed by atoms with van der Waals surface area (Å²) in [4.78, 5) is 32.9. The molecular formula is C20H20F4N2O6S. The number of thiophene rings is 1. The summed E-state index contributed by atoms with van der Waals surface area (Å²) in [6, 6.07) is 7.08. The SMILES string of the molecule is CC(CCC(=O)O)Cc1ccc(C(=O)Oc2ccc(C(=N)N)cc2F)s1.O=C(O)C(F)(F)F. The van der Waals surface area contributed by atoms with Crippen molar-refractivity contribution in [3.05, 3.63) is 51.5 Å². The van der Waals surface area contributed by atoms with E-state index in [9.17, 15) is 27.2 Å². The molecule has 2 aromatic rings. The van der Waals surface area contributed by atoms with Gasteiger partial charge in [0.15, 0.2) is 11.6 Å². The van der Waals surface area contributed by atoms with Crippen LogP contribution in [0.5, 0.6) is 5.75 Å². The number of amidine groups is 1. The van der Waals surface area contributed by atoms with Crippen LogP contribution in [0.15, 0.2) is 30.3 Å². The standard InChI is InChI=1S/C18H19FN2O4S.C2HF3O2/c1-10(2-7-16(22)23)8-12-4-6-15(26-12)18(24)25-14-5-3-11(17(20)21)9-13(14)19;3-2(4,5)1(6)7/h3-6,9-10H,2,7-8H2,1H3,(H3,20,21)(H,22,23);(H,6,7). The minimum atomic E-state index is -5.08. The molecule has 8 nitrogen and oxygen atoms in total. The maximum absolute atomic E-state index is 13.9. The van der Waals surface area contributed by atoms with Gasteiger partial charge >= 0.3 is 24.1 Å². The molecule has 0 saturated heterocycles. The van der Waals surface area contributed by atoms with Crippen molar-refractivity contribution in [2.45, 2.75) is 32.4 Å². The van der Waals surface area contributed by atoms with E-state index in [4.69, 9.17) is 30.9 Å². The first kappa shape index (κ1) is 27.6. The van der Waals surface area contributed by atoms with E-state index in [1.54, 1.807) is 12.1 Å².